The van der Waals surface area contributed by atoms with E-state index in [4.69, 9.17) is 9.47 Å². The van der Waals surface area contributed by atoms with Gasteiger partial charge in [0.25, 0.3) is 5.91 Å². The minimum atomic E-state index is -0.386. The molecule has 1 amide bonds. The number of benzene rings is 2. The van der Waals surface area contributed by atoms with E-state index in [0.717, 1.165) is 11.1 Å². The zero-order chi connectivity index (χ0) is 19.6. The topological polar surface area (TPSA) is 96.5 Å². The molecule has 3 N–H and O–H groups in total. The number of hydrogen-bond acceptors (Lipinski definition) is 5. The van der Waals surface area contributed by atoms with E-state index in [0.29, 0.717) is 28.4 Å². The van der Waals surface area contributed by atoms with E-state index in [1.165, 1.54) is 7.11 Å². The molecule has 2 aromatic carbocycles. The van der Waals surface area contributed by atoms with Crippen molar-refractivity contribution in [2.24, 2.45) is 0 Å². The normalized spacial score (nSPS) is 10.5. The van der Waals surface area contributed by atoms with Crippen molar-refractivity contribution in [3.8, 4) is 28.5 Å². The van der Waals surface area contributed by atoms with Crippen molar-refractivity contribution in [2.45, 2.75) is 13.8 Å². The number of aromatic hydroxyl groups is 1. The predicted molar refractivity (Wildman–Crippen MR) is 103 cm³/mol. The van der Waals surface area contributed by atoms with Crippen LogP contribution in [0, 0.1) is 13.8 Å². The second-order valence-electron chi connectivity index (χ2n) is 6.09. The molecule has 3 aromatic rings. The molecule has 0 aliphatic rings. The summed E-state index contributed by atoms with van der Waals surface area (Å²) in [6.07, 6.45) is 0. The van der Waals surface area contributed by atoms with Gasteiger partial charge in [-0.2, -0.15) is 5.10 Å². The zero-order valence-corrected chi connectivity index (χ0v) is 15.6. The van der Waals surface area contributed by atoms with Crippen LogP contribution in [-0.4, -0.2) is 35.4 Å². The Morgan fingerprint density at radius 3 is 2.59 bits per heavy atom. The maximum absolute atomic E-state index is 12.6. The highest BCUT2D eigenvalue weighted by Gasteiger charge is 2.16. The Hall–Kier alpha value is -3.48. The molecule has 0 spiro atoms. The summed E-state index contributed by atoms with van der Waals surface area (Å²) in [5.41, 5.74) is 3.54. The van der Waals surface area contributed by atoms with E-state index in [-0.39, 0.29) is 17.4 Å². The van der Waals surface area contributed by atoms with Crippen LogP contribution in [0.4, 0.5) is 5.69 Å². The maximum Gasteiger partial charge on any atom is 0.273 e. The van der Waals surface area contributed by atoms with Crippen molar-refractivity contribution >= 4 is 11.6 Å². The zero-order valence-electron chi connectivity index (χ0n) is 15.6. The molecule has 0 saturated carbocycles. The molecule has 0 radical (unpaired) electrons. The fourth-order valence-electron chi connectivity index (χ4n) is 2.69. The third-order valence-electron chi connectivity index (χ3n) is 4.46. The molecular formula is C20H21N3O4. The van der Waals surface area contributed by atoms with E-state index in [2.05, 4.69) is 15.5 Å². The van der Waals surface area contributed by atoms with Crippen LogP contribution in [0.25, 0.3) is 11.3 Å². The van der Waals surface area contributed by atoms with E-state index in [9.17, 15) is 9.90 Å². The van der Waals surface area contributed by atoms with Crippen LogP contribution in [0.15, 0.2) is 36.4 Å². The van der Waals surface area contributed by atoms with Crippen molar-refractivity contribution in [3.63, 3.8) is 0 Å². The number of phenols is 1. The Morgan fingerprint density at radius 1 is 1.11 bits per heavy atom. The van der Waals surface area contributed by atoms with Crippen LogP contribution >= 0.6 is 0 Å². The van der Waals surface area contributed by atoms with Crippen LogP contribution in [0.3, 0.4) is 0 Å². The van der Waals surface area contributed by atoms with Gasteiger partial charge in [0.15, 0.2) is 0 Å². The van der Waals surface area contributed by atoms with Crippen LogP contribution in [0.1, 0.15) is 21.6 Å². The smallest absolute Gasteiger partial charge is 0.273 e. The number of amides is 1. The van der Waals surface area contributed by atoms with Gasteiger partial charge in [0, 0.05) is 11.6 Å². The average molecular weight is 367 g/mol. The molecule has 7 heteroatoms. The largest absolute Gasteiger partial charge is 0.507 e. The number of aryl methyl sites for hydroxylation is 1. The summed E-state index contributed by atoms with van der Waals surface area (Å²) in [4.78, 5) is 12.6. The number of hydrogen-bond donors (Lipinski definition) is 3. The molecule has 140 valence electrons. The lowest BCUT2D eigenvalue weighted by molar-refractivity contribution is 0.102. The molecule has 0 atom stereocenters. The van der Waals surface area contributed by atoms with Gasteiger partial charge in [-0.25, -0.2) is 0 Å². The summed E-state index contributed by atoms with van der Waals surface area (Å²) < 4.78 is 10.4. The van der Waals surface area contributed by atoms with Gasteiger partial charge in [0.05, 0.1) is 25.6 Å². The van der Waals surface area contributed by atoms with Crippen LogP contribution in [0.5, 0.6) is 17.2 Å². The Kier molecular flexibility index (Phi) is 5.03. The fourth-order valence-corrected chi connectivity index (χ4v) is 2.69. The monoisotopic (exact) mass is 367 g/mol. The lowest BCUT2D eigenvalue weighted by atomic mass is 10.0. The fraction of sp³-hybridized carbons (Fsp3) is 0.200. The quantitative estimate of drug-likeness (QED) is 0.639. The summed E-state index contributed by atoms with van der Waals surface area (Å²) in [5, 5.41) is 20.0. The second-order valence-corrected chi connectivity index (χ2v) is 6.09. The minimum Gasteiger partial charge on any atom is -0.507 e. The van der Waals surface area contributed by atoms with Crippen molar-refractivity contribution in [2.75, 3.05) is 19.5 Å². The first kappa shape index (κ1) is 18.3. The van der Waals surface area contributed by atoms with Gasteiger partial charge < -0.3 is 19.9 Å². The number of nitrogens with zero attached hydrogens (tertiary/aromatic N) is 1. The highest BCUT2D eigenvalue weighted by Crippen LogP contribution is 2.33. The molecule has 1 aromatic heterocycles. The number of carbonyl (C=O) groups is 1. The number of methoxy groups -OCH3 is 2. The third-order valence-corrected chi connectivity index (χ3v) is 4.46. The van der Waals surface area contributed by atoms with Crippen molar-refractivity contribution in [1.29, 1.82) is 0 Å². The lowest BCUT2D eigenvalue weighted by Gasteiger charge is -2.11. The number of aromatic amines is 1. The van der Waals surface area contributed by atoms with Crippen LogP contribution in [-0.2, 0) is 0 Å². The molecule has 1 heterocycles. The Balaban J connectivity index is 1.87. The van der Waals surface area contributed by atoms with Gasteiger partial charge in [-0.15, -0.1) is 0 Å². The third kappa shape index (κ3) is 3.57. The summed E-state index contributed by atoms with van der Waals surface area (Å²) in [5.74, 6) is 0.874. The summed E-state index contributed by atoms with van der Waals surface area (Å²) >= 11 is 0. The van der Waals surface area contributed by atoms with Gasteiger partial charge in [0.1, 0.15) is 22.9 Å². The molecule has 0 unspecified atom stereocenters. The Morgan fingerprint density at radius 2 is 1.89 bits per heavy atom. The van der Waals surface area contributed by atoms with E-state index >= 15 is 0 Å². The number of nitrogens with one attached hydrogen (secondary N) is 2. The molecule has 0 aliphatic heterocycles. The van der Waals surface area contributed by atoms with Gasteiger partial charge in [-0.1, -0.05) is 6.07 Å². The minimum absolute atomic E-state index is 0.155. The summed E-state index contributed by atoms with van der Waals surface area (Å²) in [6.45, 7) is 3.76. The number of anilines is 1. The molecule has 27 heavy (non-hydrogen) atoms. The molecule has 0 saturated heterocycles. The van der Waals surface area contributed by atoms with Crippen molar-refractivity contribution in [1.82, 2.24) is 10.2 Å². The molecule has 0 bridgehead atoms. The molecule has 0 fully saturated rings. The first-order valence-corrected chi connectivity index (χ1v) is 8.33. The summed E-state index contributed by atoms with van der Waals surface area (Å²) in [7, 11) is 3.07. The number of phenolic OH excluding ortho intramolecular Hbond substituents is 1. The number of H-pyrrole nitrogens is 1. The maximum atomic E-state index is 12.6. The van der Waals surface area contributed by atoms with Crippen molar-refractivity contribution in [3.05, 3.63) is 53.2 Å². The molecule has 7 nitrogen and oxygen atoms in total. The van der Waals surface area contributed by atoms with E-state index < -0.39 is 0 Å². The molecule has 0 aliphatic carbocycles. The van der Waals surface area contributed by atoms with E-state index in [1.807, 2.05) is 19.9 Å². The Bertz CT molecular complexity index is 995. The van der Waals surface area contributed by atoms with E-state index in [1.54, 1.807) is 37.4 Å². The standard InChI is InChI=1S/C20H21N3O4/c1-11-5-7-14(19(24)12(11)2)15-10-17(23-22-15)20(25)21-16-9-13(26-3)6-8-18(16)27-4/h5-10,24H,1-4H3,(H,21,25)(H,22,23). The number of rotatable bonds is 5. The first-order valence-electron chi connectivity index (χ1n) is 8.33. The van der Waals surface area contributed by atoms with Crippen LogP contribution in [0.2, 0.25) is 0 Å². The summed E-state index contributed by atoms with van der Waals surface area (Å²) in [6, 6.07) is 10.4. The lowest BCUT2D eigenvalue weighted by Crippen LogP contribution is -2.13. The predicted octanol–water partition coefficient (Wildman–Crippen LogP) is 3.67. The van der Waals surface area contributed by atoms with Gasteiger partial charge in [0.2, 0.25) is 0 Å². The highest BCUT2D eigenvalue weighted by atomic mass is 16.5. The average Bonchev–Trinajstić information content (AvgIpc) is 3.16. The number of carbonyl (C=O) groups excluding carboxylic acids is 1. The number of ether oxygens (including phenoxy) is 2. The molecular weight excluding hydrogens is 346 g/mol. The highest BCUT2D eigenvalue weighted by molar-refractivity contribution is 6.04. The molecule has 3 rings (SSSR count). The van der Waals surface area contributed by atoms with Gasteiger partial charge in [-0.3, -0.25) is 9.89 Å². The Labute approximate surface area is 157 Å². The second kappa shape index (κ2) is 7.41. The first-order chi connectivity index (χ1) is 12.9. The van der Waals surface area contributed by atoms with Gasteiger partial charge >= 0.3 is 0 Å². The van der Waals surface area contributed by atoms with Crippen LogP contribution < -0.4 is 14.8 Å². The number of aromatic nitrogens is 2. The van der Waals surface area contributed by atoms with Gasteiger partial charge in [-0.05, 0) is 49.2 Å². The van der Waals surface area contributed by atoms with Crippen molar-refractivity contribution < 1.29 is 19.4 Å². The SMILES string of the molecule is COc1ccc(OC)c(NC(=O)c2cc(-c3ccc(C)c(C)c3O)n[nH]2)c1.